The van der Waals surface area contributed by atoms with Gasteiger partial charge in [0.1, 0.15) is 47.7 Å². The zero-order chi connectivity index (χ0) is 49.1. The lowest BCUT2D eigenvalue weighted by atomic mass is 9.96. The zero-order valence-electron chi connectivity index (χ0n) is 38.3. The van der Waals surface area contributed by atoms with E-state index in [4.69, 9.17) is 44.4 Å². The van der Waals surface area contributed by atoms with Crippen LogP contribution in [0.4, 0.5) is 11.9 Å². The Labute approximate surface area is 379 Å². The number of nitrogens with two attached hydrogens (primary N) is 2. The fourth-order valence-electron chi connectivity index (χ4n) is 7.54. The van der Waals surface area contributed by atoms with Crippen LogP contribution in [-0.2, 0) is 37.6 Å². The standard InChI is InChI=1S/C26H44N7O10P.C12H17N5O5/c1-13(2)9-15(22(35)40-7)31-44(38,32-16(10-14(3)4)23(36)41-8)42-11-17-19(34)26(5,37)24(43-17)33-12-28-18-20(33)29-25(27)30-21(18)39-6;1-12(20)7(19)5(3-18)22-10(12)17-4-14-6-8(17)15-11(13)16-9(6)21-2/h12-17,19,24,34,37H,9-11H2,1-8H3,(H2,27,29,30)(H2,31,32,38);4-5,7,10,18-20H,3H2,1-2H3,(H2,13,15,16)/t15?,16?,17-,19+,24-,26?,44?;5-,7+,10-,12?/m11/s1. The smallest absolute Gasteiger partial charge is 0.342 e. The third kappa shape index (κ3) is 10.9. The van der Waals surface area contributed by atoms with Gasteiger partial charge in [-0.1, -0.05) is 27.7 Å². The number of hydrogen-bond donors (Lipinski definition) is 9. The molecular formula is C38H61N12O15P. The van der Waals surface area contributed by atoms with E-state index in [1.165, 1.54) is 64.1 Å². The molecule has 10 atom stereocenters. The summed E-state index contributed by atoms with van der Waals surface area (Å²) >= 11 is 0. The average molecular weight is 957 g/mol. The number of nitrogens with one attached hydrogen (secondary N) is 2. The van der Waals surface area contributed by atoms with Crippen LogP contribution in [0.2, 0.25) is 0 Å². The highest BCUT2D eigenvalue weighted by atomic mass is 31.2. The van der Waals surface area contributed by atoms with E-state index in [1.807, 2.05) is 27.7 Å². The Hall–Kier alpha value is -4.93. The predicted octanol–water partition coefficient (Wildman–Crippen LogP) is -0.676. The first-order valence-electron chi connectivity index (χ1n) is 20.7. The number of ether oxygens (including phenoxy) is 6. The maximum Gasteiger partial charge on any atom is 0.342 e. The molecule has 0 amide bonds. The van der Waals surface area contributed by atoms with Crippen molar-refractivity contribution in [3.8, 4) is 11.8 Å². The molecule has 0 bridgehead atoms. The van der Waals surface area contributed by atoms with Crippen molar-refractivity contribution >= 4 is 53.8 Å². The highest BCUT2D eigenvalue weighted by Gasteiger charge is 2.55. The van der Waals surface area contributed by atoms with Crippen molar-refractivity contribution < 1.29 is 72.6 Å². The fraction of sp³-hybridized carbons (Fsp3) is 0.684. The van der Waals surface area contributed by atoms with Crippen LogP contribution in [0.1, 0.15) is 66.8 Å². The second kappa shape index (κ2) is 20.9. The lowest BCUT2D eigenvalue weighted by Crippen LogP contribution is -2.46. The normalized spacial score (nSPS) is 27.1. The van der Waals surface area contributed by atoms with Gasteiger partial charge in [0.15, 0.2) is 34.8 Å². The van der Waals surface area contributed by atoms with E-state index in [2.05, 4.69) is 40.1 Å². The molecule has 6 rings (SSSR count). The molecule has 27 nitrogen and oxygen atoms in total. The molecular weight excluding hydrogens is 895 g/mol. The molecule has 0 aromatic carbocycles. The molecule has 4 aromatic rings. The number of methoxy groups -OCH3 is 4. The molecule has 28 heteroatoms. The fourth-order valence-corrected chi connectivity index (χ4v) is 9.36. The Morgan fingerprint density at radius 3 is 1.50 bits per heavy atom. The lowest BCUT2D eigenvalue weighted by Gasteiger charge is -2.30. The minimum absolute atomic E-state index is 0.00978. The van der Waals surface area contributed by atoms with Gasteiger partial charge in [-0.3, -0.25) is 23.3 Å². The summed E-state index contributed by atoms with van der Waals surface area (Å²) in [6.45, 7) is 9.25. The number of aliphatic hydroxyl groups is 5. The van der Waals surface area contributed by atoms with Gasteiger partial charge in [0.25, 0.3) is 0 Å². The summed E-state index contributed by atoms with van der Waals surface area (Å²) in [5.74, 6) is -1.24. The Bertz CT molecular complexity index is 2330. The number of aromatic nitrogens is 8. The molecule has 4 unspecified atom stereocenters. The van der Waals surface area contributed by atoms with Crippen molar-refractivity contribution in [2.75, 3.05) is 53.1 Å². The van der Waals surface area contributed by atoms with Crippen LogP contribution >= 0.6 is 7.67 Å². The summed E-state index contributed by atoms with van der Waals surface area (Å²) in [6.07, 6.45) is -4.05. The van der Waals surface area contributed by atoms with E-state index >= 15 is 0 Å². The van der Waals surface area contributed by atoms with Crippen LogP contribution in [0.25, 0.3) is 22.3 Å². The number of imidazole rings is 2. The number of aliphatic hydroxyl groups excluding tert-OH is 3. The number of nitrogens with zero attached hydrogens (tertiary/aromatic N) is 8. The largest absolute Gasteiger partial charge is 0.479 e. The van der Waals surface area contributed by atoms with E-state index in [0.29, 0.717) is 11.2 Å². The second-order valence-electron chi connectivity index (χ2n) is 16.9. The first-order chi connectivity index (χ1) is 31.0. The highest BCUT2D eigenvalue weighted by molar-refractivity contribution is 7.54. The van der Waals surface area contributed by atoms with Gasteiger partial charge < -0.3 is 69.9 Å². The minimum atomic E-state index is -4.28. The molecule has 0 radical (unpaired) electrons. The summed E-state index contributed by atoms with van der Waals surface area (Å²) in [5, 5.41) is 57.7. The number of esters is 2. The molecule has 2 aliphatic rings. The number of carbonyl (C=O) groups is 2. The van der Waals surface area contributed by atoms with Gasteiger partial charge in [-0.15, -0.1) is 0 Å². The van der Waals surface area contributed by atoms with Gasteiger partial charge in [0, 0.05) is 0 Å². The third-order valence-electron chi connectivity index (χ3n) is 10.9. The summed E-state index contributed by atoms with van der Waals surface area (Å²) in [5.41, 5.74) is 8.95. The van der Waals surface area contributed by atoms with E-state index in [9.17, 15) is 39.7 Å². The van der Waals surface area contributed by atoms with Gasteiger partial charge in [-0.2, -0.15) is 19.9 Å². The Morgan fingerprint density at radius 1 is 0.758 bits per heavy atom. The van der Waals surface area contributed by atoms with Crippen molar-refractivity contribution in [3.05, 3.63) is 12.7 Å². The van der Waals surface area contributed by atoms with Crippen LogP contribution in [0.5, 0.6) is 11.8 Å². The first-order valence-corrected chi connectivity index (χ1v) is 22.4. The molecule has 6 heterocycles. The Kier molecular flexibility index (Phi) is 16.5. The van der Waals surface area contributed by atoms with Gasteiger partial charge in [0.05, 0.1) is 54.3 Å². The van der Waals surface area contributed by atoms with Crippen molar-refractivity contribution in [3.63, 3.8) is 0 Å². The van der Waals surface area contributed by atoms with Crippen LogP contribution in [0.3, 0.4) is 0 Å². The van der Waals surface area contributed by atoms with E-state index in [0.717, 1.165) is 0 Å². The predicted molar refractivity (Wildman–Crippen MR) is 231 cm³/mol. The number of hydrogen-bond acceptors (Lipinski definition) is 23. The maximum atomic E-state index is 14.3. The van der Waals surface area contributed by atoms with Crippen LogP contribution in [0, 0.1) is 11.8 Å². The number of rotatable bonds is 18. The Morgan fingerprint density at radius 2 is 1.15 bits per heavy atom. The number of anilines is 2. The SMILES string of the molecule is COC(=O)C(CC(C)C)NP(=O)(NC(CC(C)C)C(=O)OC)OC[C@H]1O[C@@H](n2cnc3c(OC)nc(N)nc32)C(C)(O)[C@H]1O.COc1nc(N)nc2c1ncn2[C@@H]1O[C@H](CO)[C@H](O)C1(C)O. The second-order valence-corrected chi connectivity index (χ2v) is 18.8. The van der Waals surface area contributed by atoms with Crippen molar-refractivity contribution in [2.45, 2.75) is 115 Å². The summed E-state index contributed by atoms with van der Waals surface area (Å²) in [6, 6.07) is -2.14. The molecule has 2 fully saturated rings. The topological polar surface area (TPSA) is 380 Å². The quantitative estimate of drug-likeness (QED) is 0.0441. The van der Waals surface area contributed by atoms with Crippen molar-refractivity contribution in [1.29, 1.82) is 0 Å². The summed E-state index contributed by atoms with van der Waals surface area (Å²) in [4.78, 5) is 49.8. The number of nitrogen functional groups attached to an aromatic ring is 2. The maximum absolute atomic E-state index is 14.3. The number of carbonyl (C=O) groups excluding carboxylic acids is 2. The monoisotopic (exact) mass is 956 g/mol. The van der Waals surface area contributed by atoms with E-state index in [1.54, 1.807) is 0 Å². The van der Waals surface area contributed by atoms with Crippen molar-refractivity contribution in [1.82, 2.24) is 49.2 Å². The molecule has 2 saturated heterocycles. The van der Waals surface area contributed by atoms with Crippen LogP contribution < -0.4 is 31.1 Å². The van der Waals surface area contributed by atoms with Crippen LogP contribution in [-0.4, -0.2) is 166 Å². The summed E-state index contributed by atoms with van der Waals surface area (Å²) < 4.78 is 54.6. The van der Waals surface area contributed by atoms with Gasteiger partial charge >= 0.3 is 19.6 Å². The molecule has 11 N–H and O–H groups in total. The highest BCUT2D eigenvalue weighted by Crippen LogP contribution is 2.45. The van der Waals surface area contributed by atoms with Gasteiger partial charge in [0.2, 0.25) is 23.7 Å². The van der Waals surface area contributed by atoms with Crippen molar-refractivity contribution in [2.24, 2.45) is 11.8 Å². The molecule has 0 spiro atoms. The van der Waals surface area contributed by atoms with Gasteiger partial charge in [-0.05, 0) is 38.5 Å². The average Bonchev–Trinajstić information content (AvgIpc) is 3.99. The molecule has 2 aliphatic heterocycles. The molecule has 0 aliphatic carbocycles. The Balaban J connectivity index is 0.000000308. The van der Waals surface area contributed by atoms with E-state index in [-0.39, 0.29) is 59.5 Å². The molecule has 66 heavy (non-hydrogen) atoms. The minimum Gasteiger partial charge on any atom is -0.479 e. The molecule has 4 aromatic heterocycles. The molecule has 0 saturated carbocycles. The zero-order valence-corrected chi connectivity index (χ0v) is 39.1. The third-order valence-corrected chi connectivity index (χ3v) is 12.7. The van der Waals surface area contributed by atoms with E-state index < -0.39 is 93.0 Å². The summed E-state index contributed by atoms with van der Waals surface area (Å²) in [7, 11) is 0.929. The molecule has 368 valence electrons. The first kappa shape index (κ1) is 52.0. The van der Waals surface area contributed by atoms with Crippen LogP contribution in [0.15, 0.2) is 12.7 Å². The lowest BCUT2D eigenvalue weighted by molar-refractivity contribution is -0.143. The van der Waals surface area contributed by atoms with Gasteiger partial charge in [-0.25, -0.2) is 20.1 Å². The number of fused-ring (bicyclic) bond motifs is 2.